The number of ketones is 1. The summed E-state index contributed by atoms with van der Waals surface area (Å²) in [5, 5.41) is 15.5. The number of imide groups is 1. The minimum Gasteiger partial charge on any atom is -0.457 e. The Kier molecular flexibility index (Phi) is 10.3. The lowest BCUT2D eigenvalue weighted by Gasteiger charge is -2.17. The van der Waals surface area contributed by atoms with Crippen molar-refractivity contribution in [1.82, 2.24) is 25.4 Å². The van der Waals surface area contributed by atoms with Gasteiger partial charge in [-0.15, -0.1) is 21.5 Å². The lowest BCUT2D eigenvalue weighted by Crippen LogP contribution is -2.42. The second kappa shape index (κ2) is 15.2. The van der Waals surface area contributed by atoms with E-state index in [1.165, 1.54) is 10.9 Å². The zero-order valence-electron chi connectivity index (χ0n) is 29.2. The van der Waals surface area contributed by atoms with Crippen LogP contribution >= 0.6 is 22.9 Å². The molecular weight excluding hydrogens is 716 g/mol. The van der Waals surface area contributed by atoms with Crippen LogP contribution in [-0.4, -0.2) is 63.7 Å². The molecule has 0 spiro atoms. The van der Waals surface area contributed by atoms with E-state index in [-0.39, 0.29) is 29.2 Å². The molecule has 2 N–H and O–H groups in total. The SMILES string of the molecule is Cc1sc2c(c1C)C(c1ccc(Cl)cc1)=N[C@@H](CC(=O)NCCOCCCc1ccc(Oc3cccc4c3C(=O)NC(=O)C4=O)cc1)c1nnc(C)n1-2. The van der Waals surface area contributed by atoms with Crippen LogP contribution in [0.2, 0.25) is 5.02 Å². The third kappa shape index (κ3) is 7.41. The van der Waals surface area contributed by atoms with Crippen molar-refractivity contribution in [3.63, 3.8) is 0 Å². The first-order chi connectivity index (χ1) is 25.6. The molecule has 2 aliphatic rings. The zero-order valence-corrected chi connectivity index (χ0v) is 30.8. The van der Waals surface area contributed by atoms with E-state index in [1.807, 2.05) is 47.9 Å². The van der Waals surface area contributed by atoms with Gasteiger partial charge in [0.25, 0.3) is 17.6 Å². The van der Waals surface area contributed by atoms with Crippen molar-refractivity contribution >= 4 is 52.2 Å². The van der Waals surface area contributed by atoms with Crippen molar-refractivity contribution in [2.45, 2.75) is 46.1 Å². The predicted octanol–water partition coefficient (Wildman–Crippen LogP) is 6.20. The fraction of sp³-hybridized carbons (Fsp3) is 0.256. The van der Waals surface area contributed by atoms with Gasteiger partial charge in [0, 0.05) is 39.7 Å². The summed E-state index contributed by atoms with van der Waals surface area (Å²) in [7, 11) is 0. The molecule has 7 rings (SSSR count). The van der Waals surface area contributed by atoms with Gasteiger partial charge >= 0.3 is 0 Å². The predicted molar refractivity (Wildman–Crippen MR) is 200 cm³/mol. The van der Waals surface area contributed by atoms with E-state index in [2.05, 4.69) is 34.7 Å². The van der Waals surface area contributed by atoms with E-state index in [1.54, 1.807) is 35.6 Å². The molecule has 2 aliphatic heterocycles. The molecule has 0 bridgehead atoms. The third-order valence-electron chi connectivity index (χ3n) is 9.14. The maximum atomic E-state index is 13.2. The standard InChI is InChI=1S/C39H35ClN6O6S/c1-21-22(2)53-39-32(21)34(25-11-13-26(40)14-12-25)42-29(36-45-44-23(3)46(36)39)20-31(47)41-17-19-51-18-5-6-24-9-15-27(16-10-24)52-30-8-4-7-28-33(30)37(49)43-38(50)35(28)48/h4,7-16,29H,5-6,17-20H2,1-3H3,(H,41,47)(H,43,49,50)/t29-/m0/s1. The minimum atomic E-state index is -0.951. The van der Waals surface area contributed by atoms with E-state index in [0.29, 0.717) is 36.4 Å². The number of rotatable bonds is 12. The Hall–Kier alpha value is -5.50. The summed E-state index contributed by atoms with van der Waals surface area (Å²) >= 11 is 7.88. The molecule has 14 heteroatoms. The summed E-state index contributed by atoms with van der Waals surface area (Å²) in [5.41, 5.74) is 4.98. The number of aryl methyl sites for hydroxylation is 3. The normalized spacial score (nSPS) is 14.8. The van der Waals surface area contributed by atoms with Crippen LogP contribution in [0.1, 0.15) is 78.4 Å². The second-order valence-electron chi connectivity index (χ2n) is 12.7. The molecule has 1 atom stereocenters. The summed E-state index contributed by atoms with van der Waals surface area (Å²) in [6.45, 7) is 7.30. The van der Waals surface area contributed by atoms with E-state index in [9.17, 15) is 19.2 Å². The van der Waals surface area contributed by atoms with Crippen LogP contribution in [0.15, 0.2) is 71.7 Å². The van der Waals surface area contributed by atoms with Crippen LogP contribution in [0.25, 0.3) is 5.00 Å². The zero-order chi connectivity index (χ0) is 37.2. The third-order valence-corrected chi connectivity index (χ3v) is 10.6. The molecule has 3 aromatic carbocycles. The first kappa shape index (κ1) is 35.9. The van der Waals surface area contributed by atoms with Crippen molar-refractivity contribution in [2.24, 2.45) is 4.99 Å². The molecule has 4 heterocycles. The molecule has 2 aromatic heterocycles. The van der Waals surface area contributed by atoms with E-state index >= 15 is 0 Å². The number of amides is 3. The van der Waals surface area contributed by atoms with Crippen LogP contribution < -0.4 is 15.4 Å². The number of aliphatic imine (C=N–C) groups is 1. The summed E-state index contributed by atoms with van der Waals surface area (Å²) in [6, 6.07) is 19.0. The number of nitrogens with one attached hydrogen (secondary N) is 2. The molecule has 0 fully saturated rings. The van der Waals surface area contributed by atoms with Gasteiger partial charge in [0.05, 0.1) is 24.3 Å². The van der Waals surface area contributed by atoms with Crippen LogP contribution in [0.4, 0.5) is 0 Å². The maximum absolute atomic E-state index is 13.2. The Morgan fingerprint density at radius 1 is 0.943 bits per heavy atom. The molecule has 5 aromatic rings. The molecule has 0 radical (unpaired) electrons. The van der Waals surface area contributed by atoms with Gasteiger partial charge in [-0.1, -0.05) is 41.9 Å². The molecule has 12 nitrogen and oxygen atoms in total. The minimum absolute atomic E-state index is 0.0214. The number of ether oxygens (including phenoxy) is 2. The Labute approximate surface area is 314 Å². The van der Waals surface area contributed by atoms with Crippen LogP contribution in [0, 0.1) is 20.8 Å². The summed E-state index contributed by atoms with van der Waals surface area (Å²) in [4.78, 5) is 55.8. The number of fused-ring (bicyclic) bond motifs is 4. The number of halogens is 1. The molecule has 3 amide bonds. The molecule has 0 saturated heterocycles. The van der Waals surface area contributed by atoms with Gasteiger partial charge in [0.1, 0.15) is 28.4 Å². The number of nitrogens with zero attached hydrogens (tertiary/aromatic N) is 4. The second-order valence-corrected chi connectivity index (χ2v) is 14.4. The van der Waals surface area contributed by atoms with Crippen LogP contribution in [0.3, 0.4) is 0 Å². The van der Waals surface area contributed by atoms with Gasteiger partial charge in [-0.3, -0.25) is 34.1 Å². The maximum Gasteiger partial charge on any atom is 0.299 e. The smallest absolute Gasteiger partial charge is 0.299 e. The topological polar surface area (TPSA) is 154 Å². The van der Waals surface area contributed by atoms with E-state index < -0.39 is 23.6 Å². The van der Waals surface area contributed by atoms with Gasteiger partial charge in [0.2, 0.25) is 5.91 Å². The Morgan fingerprint density at radius 2 is 1.72 bits per heavy atom. The number of benzene rings is 3. The number of hydrogen-bond acceptors (Lipinski definition) is 10. The fourth-order valence-electron chi connectivity index (χ4n) is 6.36. The average molecular weight is 751 g/mol. The van der Waals surface area contributed by atoms with Crippen LogP contribution in [0.5, 0.6) is 11.5 Å². The molecule has 270 valence electrons. The Morgan fingerprint density at radius 3 is 2.49 bits per heavy atom. The average Bonchev–Trinajstić information content (AvgIpc) is 3.62. The highest BCUT2D eigenvalue weighted by Gasteiger charge is 2.34. The van der Waals surface area contributed by atoms with Crippen molar-refractivity contribution in [1.29, 1.82) is 0 Å². The summed E-state index contributed by atoms with van der Waals surface area (Å²) < 4.78 is 13.7. The highest BCUT2D eigenvalue weighted by atomic mass is 35.5. The van der Waals surface area contributed by atoms with Gasteiger partial charge in [-0.2, -0.15) is 0 Å². The number of hydrogen-bond donors (Lipinski definition) is 2. The van der Waals surface area contributed by atoms with Gasteiger partial charge < -0.3 is 14.8 Å². The van der Waals surface area contributed by atoms with Crippen molar-refractivity contribution < 1.29 is 28.7 Å². The summed E-state index contributed by atoms with van der Waals surface area (Å²) in [6.07, 6.45) is 1.62. The number of Topliss-reactive ketones (excluding diaryl/α,β-unsaturated/α-hetero) is 1. The van der Waals surface area contributed by atoms with Crippen molar-refractivity contribution in [3.8, 4) is 16.5 Å². The van der Waals surface area contributed by atoms with Crippen molar-refractivity contribution in [2.75, 3.05) is 19.8 Å². The largest absolute Gasteiger partial charge is 0.457 e. The van der Waals surface area contributed by atoms with Gasteiger partial charge in [-0.25, -0.2) is 0 Å². The van der Waals surface area contributed by atoms with Crippen molar-refractivity contribution in [3.05, 3.63) is 122 Å². The fourth-order valence-corrected chi connectivity index (χ4v) is 7.70. The number of carbonyl (C=O) groups excluding carboxylic acids is 4. The highest BCUT2D eigenvalue weighted by molar-refractivity contribution is 7.15. The quantitative estimate of drug-likeness (QED) is 0.0869. The van der Waals surface area contributed by atoms with Crippen LogP contribution in [-0.2, 0) is 20.7 Å². The van der Waals surface area contributed by atoms with Gasteiger partial charge in [-0.05, 0) is 81.1 Å². The molecule has 0 aliphatic carbocycles. The van der Waals surface area contributed by atoms with E-state index in [0.717, 1.165) is 51.6 Å². The molecule has 53 heavy (non-hydrogen) atoms. The lowest BCUT2D eigenvalue weighted by atomic mass is 9.98. The molecule has 0 saturated carbocycles. The molecular formula is C39H35ClN6O6S. The monoisotopic (exact) mass is 750 g/mol. The highest BCUT2D eigenvalue weighted by Crippen LogP contribution is 2.39. The number of thiophene rings is 1. The van der Waals surface area contributed by atoms with E-state index in [4.69, 9.17) is 26.1 Å². The Bertz CT molecular complexity index is 2280. The first-order valence-corrected chi connectivity index (χ1v) is 18.3. The lowest BCUT2D eigenvalue weighted by molar-refractivity contribution is -0.121. The number of carbonyl (C=O) groups is 4. The Balaban J connectivity index is 0.904. The first-order valence-electron chi connectivity index (χ1n) is 17.1. The number of aromatic nitrogens is 3. The van der Waals surface area contributed by atoms with Gasteiger partial charge in [0.15, 0.2) is 5.82 Å². The molecule has 0 unspecified atom stereocenters. The summed E-state index contributed by atoms with van der Waals surface area (Å²) in [5.74, 6) is -0.523.